The Hall–Kier alpha value is -0.660. The van der Waals surface area contributed by atoms with Gasteiger partial charge in [-0.1, -0.05) is 20.8 Å². The summed E-state index contributed by atoms with van der Waals surface area (Å²) in [6.45, 7) is 9.72. The van der Waals surface area contributed by atoms with Crippen molar-refractivity contribution in [1.82, 2.24) is 4.90 Å². The molecule has 0 aliphatic carbocycles. The van der Waals surface area contributed by atoms with Crippen LogP contribution in [-0.4, -0.2) is 36.6 Å². The molecule has 0 aliphatic rings. The third kappa shape index (κ3) is 5.56. The van der Waals surface area contributed by atoms with Crippen molar-refractivity contribution in [2.45, 2.75) is 39.7 Å². The SMILES string of the molecule is CCC(CCN(CC)CC)N=C=N. The van der Waals surface area contributed by atoms with E-state index in [9.17, 15) is 0 Å². The Morgan fingerprint density at radius 3 is 2.31 bits per heavy atom. The molecule has 76 valence electrons. The number of nitrogens with zero attached hydrogens (tertiary/aromatic N) is 2. The normalized spacial score (nSPS) is 12.6. The molecular weight excluding hydrogens is 162 g/mol. The molecule has 0 radical (unpaired) electrons. The molecule has 0 spiro atoms. The van der Waals surface area contributed by atoms with Gasteiger partial charge in [0, 0.05) is 6.54 Å². The summed E-state index contributed by atoms with van der Waals surface area (Å²) in [4.78, 5) is 6.35. The van der Waals surface area contributed by atoms with Crippen LogP contribution in [0.4, 0.5) is 0 Å². The van der Waals surface area contributed by atoms with E-state index in [-0.39, 0.29) is 6.04 Å². The third-order valence-corrected chi connectivity index (χ3v) is 2.39. The zero-order chi connectivity index (χ0) is 10.1. The number of hydrogen-bond acceptors (Lipinski definition) is 3. The molecule has 1 unspecified atom stereocenters. The molecule has 0 aliphatic heterocycles. The van der Waals surface area contributed by atoms with Crippen LogP contribution in [0.5, 0.6) is 0 Å². The summed E-state index contributed by atoms with van der Waals surface area (Å²) < 4.78 is 0. The number of aliphatic imine (C=N–C) groups is 1. The summed E-state index contributed by atoms with van der Waals surface area (Å²) in [5, 5.41) is 6.78. The van der Waals surface area contributed by atoms with Gasteiger partial charge in [0.2, 0.25) is 0 Å². The van der Waals surface area contributed by atoms with Gasteiger partial charge < -0.3 is 4.90 Å². The lowest BCUT2D eigenvalue weighted by Gasteiger charge is -2.19. The molecule has 3 heteroatoms. The standard InChI is InChI=1S/C10H21N3/c1-4-10(12-9-11)7-8-13(5-2)6-3/h10-11H,4-8H2,1-3H3. The molecule has 0 amide bonds. The summed E-state index contributed by atoms with van der Waals surface area (Å²) in [6.07, 6.45) is 2.05. The lowest BCUT2D eigenvalue weighted by molar-refractivity contribution is 0.289. The molecule has 13 heavy (non-hydrogen) atoms. The number of rotatable bonds is 7. The summed E-state index contributed by atoms with van der Waals surface area (Å²) in [6, 6.07) is 2.42. The monoisotopic (exact) mass is 183 g/mol. The predicted octanol–water partition coefficient (Wildman–Crippen LogP) is 2.25. The first-order valence-corrected chi connectivity index (χ1v) is 5.12. The summed E-state index contributed by atoms with van der Waals surface area (Å²) >= 11 is 0. The third-order valence-electron chi connectivity index (χ3n) is 2.39. The molecule has 1 N–H and O–H groups in total. The number of hydrogen-bond donors (Lipinski definition) is 1. The number of nitrogens with one attached hydrogen (secondary N) is 1. The second kappa shape index (κ2) is 7.96. The summed E-state index contributed by atoms with van der Waals surface area (Å²) in [7, 11) is 0. The average Bonchev–Trinajstić information content (AvgIpc) is 2.17. The van der Waals surface area contributed by atoms with E-state index in [4.69, 9.17) is 5.41 Å². The van der Waals surface area contributed by atoms with Crippen LogP contribution < -0.4 is 0 Å². The van der Waals surface area contributed by atoms with Gasteiger partial charge >= 0.3 is 0 Å². The van der Waals surface area contributed by atoms with Crippen LogP contribution >= 0.6 is 0 Å². The van der Waals surface area contributed by atoms with E-state index < -0.39 is 0 Å². The first-order valence-electron chi connectivity index (χ1n) is 5.12. The topological polar surface area (TPSA) is 39.5 Å². The summed E-state index contributed by atoms with van der Waals surface area (Å²) in [5.41, 5.74) is 0. The Kier molecular flexibility index (Phi) is 7.56. The molecule has 0 saturated carbocycles. The molecule has 3 nitrogen and oxygen atoms in total. The summed E-state index contributed by atoms with van der Waals surface area (Å²) in [5.74, 6) is 0. The Bertz CT molecular complexity index is 158. The van der Waals surface area contributed by atoms with Crippen LogP contribution in [0.25, 0.3) is 0 Å². The predicted molar refractivity (Wildman–Crippen MR) is 56.6 cm³/mol. The molecule has 0 rings (SSSR count). The largest absolute Gasteiger partial charge is 0.304 e. The Balaban J connectivity index is 3.75. The van der Waals surface area contributed by atoms with E-state index >= 15 is 0 Å². The van der Waals surface area contributed by atoms with E-state index in [1.807, 2.05) is 0 Å². The van der Waals surface area contributed by atoms with Crippen molar-refractivity contribution in [3.05, 3.63) is 0 Å². The fraction of sp³-hybridized carbons (Fsp3) is 0.900. The van der Waals surface area contributed by atoms with Crippen LogP contribution in [0.15, 0.2) is 4.99 Å². The lowest BCUT2D eigenvalue weighted by Crippen LogP contribution is -2.26. The fourth-order valence-corrected chi connectivity index (χ4v) is 1.32. The van der Waals surface area contributed by atoms with Crippen molar-refractivity contribution >= 4 is 6.01 Å². The zero-order valence-corrected chi connectivity index (χ0v) is 9.01. The van der Waals surface area contributed by atoms with Crippen LogP contribution in [-0.2, 0) is 0 Å². The van der Waals surface area contributed by atoms with Gasteiger partial charge in [0.05, 0.1) is 12.1 Å². The van der Waals surface area contributed by atoms with E-state index in [1.54, 1.807) is 0 Å². The minimum Gasteiger partial charge on any atom is -0.304 e. The molecular formula is C10H21N3. The molecule has 0 aromatic carbocycles. The van der Waals surface area contributed by atoms with Crippen LogP contribution in [0.2, 0.25) is 0 Å². The quantitative estimate of drug-likeness (QED) is 0.604. The highest BCUT2D eigenvalue weighted by Crippen LogP contribution is 2.03. The van der Waals surface area contributed by atoms with Gasteiger partial charge in [-0.05, 0) is 25.9 Å². The minimum absolute atomic E-state index is 0.290. The Morgan fingerprint density at radius 2 is 1.92 bits per heavy atom. The Morgan fingerprint density at radius 1 is 1.31 bits per heavy atom. The average molecular weight is 183 g/mol. The highest BCUT2D eigenvalue weighted by Gasteiger charge is 2.05. The van der Waals surface area contributed by atoms with Crippen molar-refractivity contribution in [3.8, 4) is 0 Å². The van der Waals surface area contributed by atoms with E-state index in [2.05, 4.69) is 36.7 Å². The van der Waals surface area contributed by atoms with E-state index in [0.29, 0.717) is 0 Å². The van der Waals surface area contributed by atoms with Crippen molar-refractivity contribution < 1.29 is 0 Å². The molecule has 0 aromatic rings. The van der Waals surface area contributed by atoms with Gasteiger partial charge in [-0.2, -0.15) is 0 Å². The van der Waals surface area contributed by atoms with Crippen molar-refractivity contribution in [3.63, 3.8) is 0 Å². The van der Waals surface area contributed by atoms with Gasteiger partial charge in [0.25, 0.3) is 0 Å². The second-order valence-corrected chi connectivity index (χ2v) is 3.12. The molecule has 0 heterocycles. The molecule has 1 atom stereocenters. The van der Waals surface area contributed by atoms with Crippen LogP contribution in [0.1, 0.15) is 33.6 Å². The van der Waals surface area contributed by atoms with Gasteiger partial charge in [-0.3, -0.25) is 0 Å². The fourth-order valence-electron chi connectivity index (χ4n) is 1.32. The maximum absolute atomic E-state index is 6.78. The van der Waals surface area contributed by atoms with Crippen molar-refractivity contribution in [2.24, 2.45) is 4.99 Å². The van der Waals surface area contributed by atoms with E-state index in [0.717, 1.165) is 32.5 Å². The minimum atomic E-state index is 0.290. The van der Waals surface area contributed by atoms with Crippen molar-refractivity contribution in [1.29, 1.82) is 5.41 Å². The molecule has 0 bridgehead atoms. The second-order valence-electron chi connectivity index (χ2n) is 3.12. The van der Waals surface area contributed by atoms with Crippen molar-refractivity contribution in [2.75, 3.05) is 19.6 Å². The highest BCUT2D eigenvalue weighted by molar-refractivity contribution is 5.36. The smallest absolute Gasteiger partial charge is 0.0864 e. The van der Waals surface area contributed by atoms with Gasteiger partial charge in [-0.15, -0.1) is 0 Å². The zero-order valence-electron chi connectivity index (χ0n) is 9.01. The molecule has 0 aromatic heterocycles. The first-order chi connectivity index (χ1) is 6.28. The maximum Gasteiger partial charge on any atom is 0.0864 e. The highest BCUT2D eigenvalue weighted by atomic mass is 15.1. The first kappa shape index (κ1) is 12.3. The van der Waals surface area contributed by atoms with Gasteiger partial charge in [0.15, 0.2) is 0 Å². The van der Waals surface area contributed by atoms with E-state index in [1.165, 1.54) is 0 Å². The van der Waals surface area contributed by atoms with Crippen LogP contribution in [0.3, 0.4) is 0 Å². The molecule has 0 fully saturated rings. The maximum atomic E-state index is 6.78. The van der Waals surface area contributed by atoms with Gasteiger partial charge in [-0.25, -0.2) is 10.4 Å². The lowest BCUT2D eigenvalue weighted by atomic mass is 10.1. The molecule has 0 saturated heterocycles. The van der Waals surface area contributed by atoms with Gasteiger partial charge in [0.1, 0.15) is 0 Å². The Labute approximate surface area is 81.4 Å². The van der Waals surface area contributed by atoms with Crippen LogP contribution in [0, 0.1) is 5.41 Å².